The van der Waals surface area contributed by atoms with E-state index < -0.39 is 5.41 Å². The number of fused-ring (bicyclic) bond motifs is 7. The fourth-order valence-corrected chi connectivity index (χ4v) is 12.2. The van der Waals surface area contributed by atoms with Crippen molar-refractivity contribution in [1.29, 1.82) is 0 Å². The first-order valence-corrected chi connectivity index (χ1v) is 23.9. The summed E-state index contributed by atoms with van der Waals surface area (Å²) >= 11 is 1.88. The fraction of sp³-hybridized carbons (Fsp3) is 0.0154. The summed E-state index contributed by atoms with van der Waals surface area (Å²) in [7, 11) is 0. The molecule has 0 bridgehead atoms. The molecule has 2 heteroatoms. The van der Waals surface area contributed by atoms with Gasteiger partial charge in [0.15, 0.2) is 0 Å². The Balaban J connectivity index is 1.02. The molecule has 11 aromatic carbocycles. The van der Waals surface area contributed by atoms with Crippen molar-refractivity contribution < 1.29 is 0 Å². The molecule has 0 spiro atoms. The Morgan fingerprint density at radius 1 is 0.313 bits per heavy atom. The number of thiophene rings is 1. The molecule has 1 heterocycles. The largest absolute Gasteiger partial charge is 0.310 e. The van der Waals surface area contributed by atoms with Crippen molar-refractivity contribution in [3.8, 4) is 44.5 Å². The molecule has 1 nitrogen and oxygen atoms in total. The average Bonchev–Trinajstić information content (AvgIpc) is 3.93. The zero-order valence-corrected chi connectivity index (χ0v) is 37.5. The molecule has 314 valence electrons. The predicted octanol–water partition coefficient (Wildman–Crippen LogP) is 18.0. The van der Waals surface area contributed by atoms with Crippen molar-refractivity contribution in [3.63, 3.8) is 0 Å². The lowest BCUT2D eigenvalue weighted by Gasteiger charge is -2.35. The zero-order chi connectivity index (χ0) is 44.3. The lowest BCUT2D eigenvalue weighted by molar-refractivity contribution is 0.768. The van der Waals surface area contributed by atoms with E-state index in [1.165, 1.54) is 92.1 Å². The summed E-state index contributed by atoms with van der Waals surface area (Å²) in [6, 6.07) is 96.5. The lowest BCUT2D eigenvalue weighted by Crippen LogP contribution is -2.28. The second-order valence-corrected chi connectivity index (χ2v) is 18.6. The van der Waals surface area contributed by atoms with E-state index in [2.05, 4.69) is 266 Å². The van der Waals surface area contributed by atoms with Crippen LogP contribution in [0.25, 0.3) is 75.5 Å². The minimum Gasteiger partial charge on any atom is -0.310 e. The van der Waals surface area contributed by atoms with Gasteiger partial charge in [0.25, 0.3) is 0 Å². The lowest BCUT2D eigenvalue weighted by atomic mass is 9.67. The summed E-state index contributed by atoms with van der Waals surface area (Å²) in [5, 5.41) is 5.08. The number of anilines is 3. The van der Waals surface area contributed by atoms with Crippen molar-refractivity contribution in [2.75, 3.05) is 4.90 Å². The van der Waals surface area contributed by atoms with Crippen LogP contribution in [0.3, 0.4) is 0 Å². The quantitative estimate of drug-likeness (QED) is 0.147. The van der Waals surface area contributed by atoms with E-state index in [4.69, 9.17) is 0 Å². The Morgan fingerprint density at radius 2 is 0.896 bits per heavy atom. The summed E-state index contributed by atoms with van der Waals surface area (Å²) in [6.07, 6.45) is 0. The molecule has 0 fully saturated rings. The maximum Gasteiger partial charge on any atom is 0.0714 e. The van der Waals surface area contributed by atoms with E-state index in [1.54, 1.807) is 0 Å². The third-order valence-corrected chi connectivity index (χ3v) is 15.1. The van der Waals surface area contributed by atoms with Gasteiger partial charge in [-0.15, -0.1) is 11.3 Å². The van der Waals surface area contributed by atoms with Crippen LogP contribution >= 0.6 is 11.3 Å². The molecule has 0 atom stereocenters. The van der Waals surface area contributed by atoms with Crippen LogP contribution < -0.4 is 4.90 Å². The van der Waals surface area contributed by atoms with Crippen molar-refractivity contribution in [2.45, 2.75) is 5.41 Å². The van der Waals surface area contributed by atoms with Crippen molar-refractivity contribution in [3.05, 3.63) is 283 Å². The first-order valence-electron chi connectivity index (χ1n) is 23.1. The summed E-state index contributed by atoms with van der Waals surface area (Å²) in [6.45, 7) is 0. The molecule has 13 rings (SSSR count). The van der Waals surface area contributed by atoms with Crippen LogP contribution in [0.5, 0.6) is 0 Å². The predicted molar refractivity (Wildman–Crippen MR) is 285 cm³/mol. The Morgan fingerprint density at radius 3 is 1.73 bits per heavy atom. The average molecular weight is 870 g/mol. The third kappa shape index (κ3) is 6.37. The first kappa shape index (κ1) is 39.1. The number of hydrogen-bond donors (Lipinski definition) is 0. The molecule has 0 N–H and O–H groups in total. The van der Waals surface area contributed by atoms with E-state index in [1.807, 2.05) is 11.3 Å². The summed E-state index contributed by atoms with van der Waals surface area (Å²) in [5.74, 6) is 0. The topological polar surface area (TPSA) is 3.24 Å². The summed E-state index contributed by atoms with van der Waals surface area (Å²) in [5.41, 5.74) is 17.5. The molecule has 0 amide bonds. The monoisotopic (exact) mass is 869 g/mol. The van der Waals surface area contributed by atoms with Gasteiger partial charge in [-0.25, -0.2) is 0 Å². The van der Waals surface area contributed by atoms with E-state index in [0.29, 0.717) is 0 Å². The van der Waals surface area contributed by atoms with Crippen LogP contribution in [0.1, 0.15) is 22.3 Å². The highest BCUT2D eigenvalue weighted by Crippen LogP contribution is 2.57. The first-order chi connectivity index (χ1) is 33.2. The van der Waals surface area contributed by atoms with Crippen LogP contribution in [0.4, 0.5) is 17.1 Å². The minimum atomic E-state index is -0.534. The second kappa shape index (κ2) is 16.0. The second-order valence-electron chi connectivity index (χ2n) is 17.6. The van der Waals surface area contributed by atoms with Crippen molar-refractivity contribution in [2.24, 2.45) is 0 Å². The van der Waals surface area contributed by atoms with Crippen molar-refractivity contribution >= 4 is 59.3 Å². The number of hydrogen-bond acceptors (Lipinski definition) is 2. The fourth-order valence-electron chi connectivity index (χ4n) is 10.9. The van der Waals surface area contributed by atoms with E-state index in [9.17, 15) is 0 Å². The molecule has 1 aromatic heterocycles. The Labute approximate surface area is 395 Å². The SMILES string of the molecule is c1ccc(C2(c3ccccc3)c3ccccc3-c3ccc(N(c4cccc(-c5cccc(-c6cccc7c6sc6ccccc67)c5)c4)c4ccccc4-c4ccc5ccccc5c4)cc32)cc1. The smallest absolute Gasteiger partial charge is 0.0714 e. The maximum absolute atomic E-state index is 2.49. The Hall–Kier alpha value is -8.30. The Kier molecular flexibility index (Phi) is 9.33. The van der Waals surface area contributed by atoms with Gasteiger partial charge >= 0.3 is 0 Å². The zero-order valence-electron chi connectivity index (χ0n) is 36.7. The molecule has 67 heavy (non-hydrogen) atoms. The number of nitrogens with zero attached hydrogens (tertiary/aromatic N) is 1. The van der Waals surface area contributed by atoms with Gasteiger partial charge in [-0.05, 0) is 121 Å². The van der Waals surface area contributed by atoms with Gasteiger partial charge in [0, 0.05) is 37.1 Å². The maximum atomic E-state index is 2.49. The molecule has 0 saturated heterocycles. The molecular weight excluding hydrogens is 827 g/mol. The minimum absolute atomic E-state index is 0.534. The van der Waals surface area contributed by atoms with Gasteiger partial charge in [-0.2, -0.15) is 0 Å². The standard InChI is InChI=1S/C65H43NS/c1-3-23-50(24-4-1)65(51-25-5-2-6-26-51)60-33-12-9-29-56(60)57-39-38-53(43-61(57)65)66(62-34-13-10-28-54(62)49-37-36-44-18-7-8-19-45(44)40-49)52-27-16-21-47(42-52)46-20-15-22-48(41-46)55-31-17-32-59-58-30-11-14-35-63(58)67-64(55)59/h1-43H. The third-order valence-electron chi connectivity index (χ3n) is 13.9. The summed E-state index contributed by atoms with van der Waals surface area (Å²) < 4.78 is 2.64. The highest BCUT2D eigenvalue weighted by atomic mass is 32.1. The number of para-hydroxylation sites is 1. The molecule has 1 aliphatic carbocycles. The van der Waals surface area contributed by atoms with E-state index >= 15 is 0 Å². The highest BCUT2D eigenvalue weighted by molar-refractivity contribution is 7.26. The molecule has 0 radical (unpaired) electrons. The van der Waals surface area contributed by atoms with E-state index in [0.717, 1.165) is 22.6 Å². The van der Waals surface area contributed by atoms with Gasteiger partial charge in [0.05, 0.1) is 11.1 Å². The highest BCUT2D eigenvalue weighted by Gasteiger charge is 2.46. The molecule has 12 aromatic rings. The molecule has 1 aliphatic rings. The van der Waals surface area contributed by atoms with Crippen LogP contribution in [-0.2, 0) is 5.41 Å². The molecule has 0 aliphatic heterocycles. The van der Waals surface area contributed by atoms with E-state index in [-0.39, 0.29) is 0 Å². The van der Waals surface area contributed by atoms with Gasteiger partial charge < -0.3 is 4.90 Å². The molecular formula is C65H43NS. The van der Waals surface area contributed by atoms with Crippen LogP contribution in [-0.4, -0.2) is 0 Å². The van der Waals surface area contributed by atoms with Crippen LogP contribution in [0.15, 0.2) is 261 Å². The van der Waals surface area contributed by atoms with Gasteiger partial charge in [0.2, 0.25) is 0 Å². The normalized spacial score (nSPS) is 12.6. The van der Waals surface area contributed by atoms with Gasteiger partial charge in [0.1, 0.15) is 0 Å². The van der Waals surface area contributed by atoms with Crippen LogP contribution in [0.2, 0.25) is 0 Å². The van der Waals surface area contributed by atoms with Crippen molar-refractivity contribution in [1.82, 2.24) is 0 Å². The van der Waals surface area contributed by atoms with Gasteiger partial charge in [-0.1, -0.05) is 212 Å². The Bertz CT molecular complexity index is 3790. The number of rotatable bonds is 8. The molecule has 0 unspecified atom stereocenters. The number of benzene rings is 11. The van der Waals surface area contributed by atoms with Gasteiger partial charge in [-0.3, -0.25) is 0 Å². The molecule has 0 saturated carbocycles. The van der Waals surface area contributed by atoms with Crippen LogP contribution in [0, 0.1) is 0 Å². The summed E-state index contributed by atoms with van der Waals surface area (Å²) in [4.78, 5) is 2.49.